The number of hydrogen-bond donors (Lipinski definition) is 2. The molecule has 0 aliphatic carbocycles. The Morgan fingerprint density at radius 3 is 2.71 bits per heavy atom. The number of aliphatic imine (C=N–C) groups is 1. The summed E-state index contributed by atoms with van der Waals surface area (Å²) in [6, 6.07) is 4.28. The SMILES string of the molecule is CCNC(=NCC(C)(C)c1cccs1)NCC1(OC)CCOCC1. The van der Waals surface area contributed by atoms with Crippen LogP contribution in [0.4, 0.5) is 0 Å². The number of guanidine groups is 1. The standard InChI is InChI=1S/C18H31N3O2S/c1-5-19-16(20-13-17(2,3)15-7-6-12-24-15)21-14-18(22-4)8-10-23-11-9-18/h6-7,12H,5,8-11,13-14H2,1-4H3,(H2,19,20,21). The maximum atomic E-state index is 5.79. The molecule has 2 heterocycles. The highest BCUT2D eigenvalue weighted by Gasteiger charge is 2.32. The molecule has 0 unspecified atom stereocenters. The normalized spacial score (nSPS) is 18.4. The Bertz CT molecular complexity index is 508. The van der Waals surface area contributed by atoms with Crippen LogP contribution in [0.15, 0.2) is 22.5 Å². The van der Waals surface area contributed by atoms with Gasteiger partial charge in [-0.1, -0.05) is 19.9 Å². The molecular weight excluding hydrogens is 322 g/mol. The molecule has 0 bridgehead atoms. The van der Waals surface area contributed by atoms with Gasteiger partial charge in [0.15, 0.2) is 5.96 Å². The van der Waals surface area contributed by atoms with Gasteiger partial charge in [-0.15, -0.1) is 11.3 Å². The van der Waals surface area contributed by atoms with Crippen LogP contribution in [0.3, 0.4) is 0 Å². The molecule has 6 heteroatoms. The molecular formula is C18H31N3O2S. The fourth-order valence-electron chi connectivity index (χ4n) is 2.80. The monoisotopic (exact) mass is 353 g/mol. The topological polar surface area (TPSA) is 54.9 Å². The maximum absolute atomic E-state index is 5.79. The third-order valence-corrected chi connectivity index (χ3v) is 5.82. The molecule has 136 valence electrons. The van der Waals surface area contributed by atoms with Crippen molar-refractivity contribution in [3.8, 4) is 0 Å². The van der Waals surface area contributed by atoms with E-state index in [1.807, 2.05) is 0 Å². The number of methoxy groups -OCH3 is 1. The molecule has 1 aromatic heterocycles. The second kappa shape index (κ2) is 8.83. The van der Waals surface area contributed by atoms with E-state index >= 15 is 0 Å². The lowest BCUT2D eigenvalue weighted by Gasteiger charge is -2.36. The van der Waals surface area contributed by atoms with E-state index < -0.39 is 0 Å². The summed E-state index contributed by atoms with van der Waals surface area (Å²) in [6.45, 7) is 10.4. The quantitative estimate of drug-likeness (QED) is 0.585. The van der Waals surface area contributed by atoms with Crippen molar-refractivity contribution in [3.63, 3.8) is 0 Å². The van der Waals surface area contributed by atoms with Crippen LogP contribution >= 0.6 is 11.3 Å². The largest absolute Gasteiger partial charge is 0.381 e. The molecule has 1 aliphatic rings. The van der Waals surface area contributed by atoms with Gasteiger partial charge in [0.25, 0.3) is 0 Å². The molecule has 2 N–H and O–H groups in total. The Hall–Kier alpha value is -1.11. The van der Waals surface area contributed by atoms with Gasteiger partial charge >= 0.3 is 0 Å². The van der Waals surface area contributed by atoms with Crippen molar-refractivity contribution >= 4 is 17.3 Å². The Morgan fingerprint density at radius 1 is 1.38 bits per heavy atom. The summed E-state index contributed by atoms with van der Waals surface area (Å²) in [5, 5.41) is 8.92. The first-order valence-corrected chi connectivity index (χ1v) is 9.58. The zero-order valence-electron chi connectivity index (χ0n) is 15.4. The first kappa shape index (κ1) is 19.2. The van der Waals surface area contributed by atoms with Gasteiger partial charge in [0.05, 0.1) is 12.1 Å². The second-order valence-electron chi connectivity index (χ2n) is 6.91. The van der Waals surface area contributed by atoms with E-state index in [1.54, 1.807) is 18.4 Å². The second-order valence-corrected chi connectivity index (χ2v) is 7.86. The van der Waals surface area contributed by atoms with Crippen LogP contribution < -0.4 is 10.6 Å². The molecule has 1 saturated heterocycles. The van der Waals surface area contributed by atoms with Gasteiger partial charge in [-0.05, 0) is 18.4 Å². The third-order valence-electron chi connectivity index (χ3n) is 4.58. The van der Waals surface area contributed by atoms with Crippen molar-refractivity contribution in [1.29, 1.82) is 0 Å². The van der Waals surface area contributed by atoms with E-state index in [-0.39, 0.29) is 11.0 Å². The van der Waals surface area contributed by atoms with Gasteiger partial charge in [-0.2, -0.15) is 0 Å². The van der Waals surface area contributed by atoms with Gasteiger partial charge in [0.1, 0.15) is 0 Å². The van der Waals surface area contributed by atoms with Crippen LogP contribution in [0.5, 0.6) is 0 Å². The van der Waals surface area contributed by atoms with Crippen molar-refractivity contribution in [2.45, 2.75) is 44.6 Å². The molecule has 0 amide bonds. The molecule has 1 fully saturated rings. The first-order chi connectivity index (χ1) is 11.5. The van der Waals surface area contributed by atoms with Crippen LogP contribution in [-0.2, 0) is 14.9 Å². The van der Waals surface area contributed by atoms with Crippen molar-refractivity contribution in [2.75, 3.05) is 40.0 Å². The lowest BCUT2D eigenvalue weighted by molar-refractivity contribution is -0.0855. The Kier molecular flexibility index (Phi) is 7.07. The van der Waals surface area contributed by atoms with Gasteiger partial charge in [0.2, 0.25) is 0 Å². The number of nitrogens with zero attached hydrogens (tertiary/aromatic N) is 1. The summed E-state index contributed by atoms with van der Waals surface area (Å²) < 4.78 is 11.2. The van der Waals surface area contributed by atoms with Gasteiger partial charge < -0.3 is 20.1 Å². The summed E-state index contributed by atoms with van der Waals surface area (Å²) in [5.41, 5.74) is -0.119. The zero-order valence-corrected chi connectivity index (χ0v) is 16.2. The Balaban J connectivity index is 1.97. The minimum absolute atomic E-state index is 0.0359. The molecule has 0 radical (unpaired) electrons. The predicted octanol–water partition coefficient (Wildman–Crippen LogP) is 2.78. The van der Waals surface area contributed by atoms with Crippen molar-refractivity contribution < 1.29 is 9.47 Å². The molecule has 0 atom stereocenters. The number of thiophene rings is 1. The molecule has 2 rings (SSSR count). The fourth-order valence-corrected chi connectivity index (χ4v) is 3.65. The van der Waals surface area contributed by atoms with E-state index in [0.717, 1.165) is 51.6 Å². The molecule has 1 aliphatic heterocycles. The van der Waals surface area contributed by atoms with Crippen molar-refractivity contribution in [1.82, 2.24) is 10.6 Å². The number of ether oxygens (including phenoxy) is 2. The smallest absolute Gasteiger partial charge is 0.191 e. The lowest BCUT2D eigenvalue weighted by Crippen LogP contribution is -2.51. The van der Waals surface area contributed by atoms with E-state index in [1.165, 1.54) is 4.88 Å². The molecule has 0 saturated carbocycles. The number of rotatable bonds is 7. The summed E-state index contributed by atoms with van der Waals surface area (Å²) in [7, 11) is 1.79. The van der Waals surface area contributed by atoms with Crippen LogP contribution in [0.1, 0.15) is 38.5 Å². The minimum atomic E-state index is -0.155. The van der Waals surface area contributed by atoms with Crippen molar-refractivity contribution in [3.05, 3.63) is 22.4 Å². The van der Waals surface area contributed by atoms with E-state index in [9.17, 15) is 0 Å². The summed E-state index contributed by atoms with van der Waals surface area (Å²) in [6.07, 6.45) is 1.83. The molecule has 0 spiro atoms. The summed E-state index contributed by atoms with van der Waals surface area (Å²) >= 11 is 1.79. The van der Waals surface area contributed by atoms with Gasteiger partial charge in [-0.25, -0.2) is 0 Å². The maximum Gasteiger partial charge on any atom is 0.191 e. The third kappa shape index (κ3) is 5.19. The van der Waals surface area contributed by atoms with Gasteiger partial charge in [0, 0.05) is 56.5 Å². The highest BCUT2D eigenvalue weighted by Crippen LogP contribution is 2.27. The fraction of sp³-hybridized carbons (Fsp3) is 0.722. The molecule has 1 aromatic rings. The average Bonchev–Trinajstić information content (AvgIpc) is 3.14. The van der Waals surface area contributed by atoms with Gasteiger partial charge in [-0.3, -0.25) is 4.99 Å². The highest BCUT2D eigenvalue weighted by atomic mass is 32.1. The van der Waals surface area contributed by atoms with Crippen LogP contribution in [0.25, 0.3) is 0 Å². The Labute approximate surface area is 149 Å². The predicted molar refractivity (Wildman–Crippen MR) is 101 cm³/mol. The molecule has 5 nitrogen and oxygen atoms in total. The van der Waals surface area contributed by atoms with Crippen LogP contribution in [-0.4, -0.2) is 51.5 Å². The van der Waals surface area contributed by atoms with Crippen LogP contribution in [0, 0.1) is 0 Å². The van der Waals surface area contributed by atoms with E-state index in [4.69, 9.17) is 14.5 Å². The molecule has 24 heavy (non-hydrogen) atoms. The number of hydrogen-bond acceptors (Lipinski definition) is 4. The summed E-state index contributed by atoms with van der Waals surface area (Å²) in [4.78, 5) is 6.17. The minimum Gasteiger partial charge on any atom is -0.381 e. The lowest BCUT2D eigenvalue weighted by atomic mass is 9.92. The zero-order chi connectivity index (χ0) is 17.5. The van der Waals surface area contributed by atoms with Crippen molar-refractivity contribution in [2.24, 2.45) is 4.99 Å². The molecule has 0 aromatic carbocycles. The van der Waals surface area contributed by atoms with E-state index in [2.05, 4.69) is 48.9 Å². The highest BCUT2D eigenvalue weighted by molar-refractivity contribution is 7.10. The van der Waals surface area contributed by atoms with E-state index in [0.29, 0.717) is 0 Å². The first-order valence-electron chi connectivity index (χ1n) is 8.70. The number of nitrogens with one attached hydrogen (secondary N) is 2. The van der Waals surface area contributed by atoms with Crippen LogP contribution in [0.2, 0.25) is 0 Å². The average molecular weight is 354 g/mol. The summed E-state index contributed by atoms with van der Waals surface area (Å²) in [5.74, 6) is 0.852. The Morgan fingerprint density at radius 2 is 2.12 bits per heavy atom.